The van der Waals surface area contributed by atoms with Crippen LogP contribution in [0, 0.1) is 5.92 Å². The molecule has 0 amide bonds. The third-order valence-corrected chi connectivity index (χ3v) is 4.80. The maximum absolute atomic E-state index is 12.7. The number of allylic oxidation sites excluding steroid dienone is 2. The molecule has 2 aliphatic rings. The van der Waals surface area contributed by atoms with Gasteiger partial charge in [0.1, 0.15) is 11.7 Å². The summed E-state index contributed by atoms with van der Waals surface area (Å²) in [5.74, 6) is -0.738. The molecule has 5 heteroatoms. The Bertz CT molecular complexity index is 750. The van der Waals surface area contributed by atoms with Gasteiger partial charge in [-0.3, -0.25) is 9.59 Å². The number of Topliss-reactive ketones (excluding diaryl/α,β-unsaturated/α-hetero) is 1. The standard InChI is InChI=1S/C20H23NO4/c1-4-25-20(23)17-12(2)21-14-9-7-10-15(22)19(14)18(17)13-8-5-6-11-16(13)24-3/h5-6,8,11,17-18,21H,2,4,7,9-10H2,1,3H3. The molecule has 3 rings (SSSR count). The van der Waals surface area contributed by atoms with Gasteiger partial charge in [0.15, 0.2) is 5.78 Å². The van der Waals surface area contributed by atoms with Gasteiger partial charge in [0.25, 0.3) is 0 Å². The molecule has 1 aliphatic carbocycles. The van der Waals surface area contributed by atoms with Crippen LogP contribution >= 0.6 is 0 Å². The maximum atomic E-state index is 12.7. The number of para-hydroxylation sites is 1. The summed E-state index contributed by atoms with van der Waals surface area (Å²) < 4.78 is 10.8. The minimum absolute atomic E-state index is 0.0754. The number of carbonyl (C=O) groups is 2. The molecule has 1 aromatic rings. The molecule has 0 radical (unpaired) electrons. The van der Waals surface area contributed by atoms with Crippen molar-refractivity contribution in [2.24, 2.45) is 5.92 Å². The van der Waals surface area contributed by atoms with Crippen LogP contribution in [0.15, 0.2) is 47.8 Å². The van der Waals surface area contributed by atoms with Gasteiger partial charge in [-0.05, 0) is 25.8 Å². The summed E-state index contributed by atoms with van der Waals surface area (Å²) in [5.41, 5.74) is 2.93. The quantitative estimate of drug-likeness (QED) is 0.853. The fourth-order valence-electron chi connectivity index (χ4n) is 3.76. The van der Waals surface area contributed by atoms with Crippen LogP contribution in [0.1, 0.15) is 37.7 Å². The molecule has 1 N–H and O–H groups in total. The molecule has 25 heavy (non-hydrogen) atoms. The molecular formula is C20H23NO4. The van der Waals surface area contributed by atoms with Crippen molar-refractivity contribution in [1.29, 1.82) is 0 Å². The second-order valence-electron chi connectivity index (χ2n) is 6.27. The van der Waals surface area contributed by atoms with Gasteiger partial charge in [0.2, 0.25) is 0 Å². The molecule has 132 valence electrons. The van der Waals surface area contributed by atoms with Crippen molar-refractivity contribution in [3.05, 3.63) is 53.4 Å². The minimum Gasteiger partial charge on any atom is -0.496 e. The van der Waals surface area contributed by atoms with Crippen molar-refractivity contribution in [3.63, 3.8) is 0 Å². The second-order valence-corrected chi connectivity index (χ2v) is 6.27. The predicted octanol–water partition coefficient (Wildman–Crippen LogP) is 3.08. The van der Waals surface area contributed by atoms with Gasteiger partial charge in [-0.1, -0.05) is 24.8 Å². The number of ether oxygens (including phenoxy) is 2. The summed E-state index contributed by atoms with van der Waals surface area (Å²) in [7, 11) is 1.59. The van der Waals surface area contributed by atoms with Gasteiger partial charge in [0.05, 0.1) is 13.7 Å². The van der Waals surface area contributed by atoms with E-state index >= 15 is 0 Å². The number of esters is 1. The van der Waals surface area contributed by atoms with Crippen LogP contribution < -0.4 is 10.1 Å². The Hall–Kier alpha value is -2.56. The Morgan fingerprint density at radius 3 is 2.80 bits per heavy atom. The van der Waals surface area contributed by atoms with Gasteiger partial charge in [0, 0.05) is 34.9 Å². The van der Waals surface area contributed by atoms with Crippen LogP contribution in [0.25, 0.3) is 0 Å². The molecule has 1 heterocycles. The number of hydrogen-bond acceptors (Lipinski definition) is 5. The minimum atomic E-state index is -0.656. The van der Waals surface area contributed by atoms with Gasteiger partial charge in [-0.15, -0.1) is 0 Å². The fraction of sp³-hybridized carbons (Fsp3) is 0.400. The number of rotatable bonds is 4. The van der Waals surface area contributed by atoms with E-state index in [1.165, 1.54) is 0 Å². The van der Waals surface area contributed by atoms with E-state index in [4.69, 9.17) is 9.47 Å². The van der Waals surface area contributed by atoms with Crippen molar-refractivity contribution in [3.8, 4) is 5.75 Å². The van der Waals surface area contributed by atoms with E-state index in [0.717, 1.165) is 24.1 Å². The largest absolute Gasteiger partial charge is 0.496 e. The normalized spacial score (nSPS) is 23.0. The van der Waals surface area contributed by atoms with Crippen molar-refractivity contribution in [2.45, 2.75) is 32.1 Å². The zero-order valence-electron chi connectivity index (χ0n) is 14.6. The molecule has 1 aliphatic heterocycles. The van der Waals surface area contributed by atoms with Crippen molar-refractivity contribution >= 4 is 11.8 Å². The maximum Gasteiger partial charge on any atom is 0.315 e. The monoisotopic (exact) mass is 341 g/mol. The first-order valence-corrected chi connectivity index (χ1v) is 8.60. The van der Waals surface area contributed by atoms with Crippen LogP contribution in [-0.4, -0.2) is 25.5 Å². The summed E-state index contributed by atoms with van der Waals surface area (Å²) in [6.07, 6.45) is 2.08. The number of benzene rings is 1. The smallest absolute Gasteiger partial charge is 0.315 e. The lowest BCUT2D eigenvalue weighted by Gasteiger charge is -2.38. The summed E-state index contributed by atoms with van der Waals surface area (Å²) in [4.78, 5) is 25.4. The number of hydrogen-bond donors (Lipinski definition) is 1. The van der Waals surface area contributed by atoms with E-state index in [2.05, 4.69) is 11.9 Å². The Balaban J connectivity index is 2.19. The highest BCUT2D eigenvalue weighted by molar-refractivity contribution is 6.00. The molecule has 0 saturated carbocycles. The highest BCUT2D eigenvalue weighted by Crippen LogP contribution is 2.46. The van der Waals surface area contributed by atoms with Crippen molar-refractivity contribution in [2.75, 3.05) is 13.7 Å². The highest BCUT2D eigenvalue weighted by atomic mass is 16.5. The van der Waals surface area contributed by atoms with Crippen LogP contribution in [0.3, 0.4) is 0 Å². The van der Waals surface area contributed by atoms with Crippen molar-refractivity contribution < 1.29 is 19.1 Å². The molecule has 0 spiro atoms. The lowest BCUT2D eigenvalue weighted by Crippen LogP contribution is -2.41. The molecule has 0 aromatic heterocycles. The summed E-state index contributed by atoms with van der Waals surface area (Å²) in [6.45, 7) is 6.10. The molecular weight excluding hydrogens is 318 g/mol. The van der Waals surface area contributed by atoms with E-state index in [-0.39, 0.29) is 18.4 Å². The van der Waals surface area contributed by atoms with Crippen LogP contribution in [0.4, 0.5) is 0 Å². The topological polar surface area (TPSA) is 64.6 Å². The Kier molecular flexibility index (Phi) is 4.93. The summed E-state index contributed by atoms with van der Waals surface area (Å²) >= 11 is 0. The Morgan fingerprint density at radius 1 is 1.32 bits per heavy atom. The Labute approximate surface area is 147 Å². The number of methoxy groups -OCH3 is 1. The Morgan fingerprint density at radius 2 is 2.08 bits per heavy atom. The molecule has 0 saturated heterocycles. The van der Waals surface area contributed by atoms with Crippen LogP contribution in [-0.2, 0) is 14.3 Å². The van der Waals surface area contributed by atoms with Gasteiger partial charge < -0.3 is 14.8 Å². The number of ketones is 1. The van der Waals surface area contributed by atoms with Gasteiger partial charge in [-0.25, -0.2) is 0 Å². The number of carbonyl (C=O) groups excluding carboxylic acids is 2. The van der Waals surface area contributed by atoms with E-state index < -0.39 is 11.8 Å². The first-order chi connectivity index (χ1) is 12.1. The zero-order valence-corrected chi connectivity index (χ0v) is 14.6. The van der Waals surface area contributed by atoms with Gasteiger partial charge in [-0.2, -0.15) is 0 Å². The lowest BCUT2D eigenvalue weighted by atomic mass is 9.71. The molecule has 5 nitrogen and oxygen atoms in total. The fourth-order valence-corrected chi connectivity index (χ4v) is 3.76. The van der Waals surface area contributed by atoms with E-state index in [9.17, 15) is 9.59 Å². The third kappa shape index (κ3) is 3.06. The molecule has 0 bridgehead atoms. The summed E-state index contributed by atoms with van der Waals surface area (Å²) in [5, 5.41) is 3.20. The zero-order chi connectivity index (χ0) is 18.0. The highest BCUT2D eigenvalue weighted by Gasteiger charge is 2.44. The number of nitrogens with one attached hydrogen (secondary N) is 1. The second kappa shape index (κ2) is 7.13. The molecule has 2 atom stereocenters. The molecule has 0 fully saturated rings. The predicted molar refractivity (Wildman–Crippen MR) is 94.0 cm³/mol. The summed E-state index contributed by atoms with van der Waals surface area (Å²) in [6, 6.07) is 7.50. The van der Waals surface area contributed by atoms with E-state index in [0.29, 0.717) is 23.4 Å². The third-order valence-electron chi connectivity index (χ3n) is 4.80. The van der Waals surface area contributed by atoms with E-state index in [1.54, 1.807) is 14.0 Å². The average molecular weight is 341 g/mol. The lowest BCUT2D eigenvalue weighted by molar-refractivity contribution is -0.147. The molecule has 1 aromatic carbocycles. The SMILES string of the molecule is C=C1NC2=C(C(=O)CCC2)C(c2ccccc2OC)C1C(=O)OCC. The van der Waals surface area contributed by atoms with Crippen molar-refractivity contribution in [1.82, 2.24) is 5.32 Å². The van der Waals surface area contributed by atoms with Crippen LogP contribution in [0.2, 0.25) is 0 Å². The molecule has 2 unspecified atom stereocenters. The first-order valence-electron chi connectivity index (χ1n) is 8.60. The average Bonchev–Trinajstić information content (AvgIpc) is 2.60. The van der Waals surface area contributed by atoms with E-state index in [1.807, 2.05) is 24.3 Å². The van der Waals surface area contributed by atoms with Gasteiger partial charge >= 0.3 is 5.97 Å². The first kappa shape index (κ1) is 17.3. The van der Waals surface area contributed by atoms with Crippen LogP contribution in [0.5, 0.6) is 5.75 Å².